The summed E-state index contributed by atoms with van der Waals surface area (Å²) >= 11 is 1.69. The van der Waals surface area contributed by atoms with E-state index in [1.54, 1.807) is 44.2 Å². The van der Waals surface area contributed by atoms with Crippen molar-refractivity contribution in [2.24, 2.45) is 0 Å². The number of carbonyl (C=O) groups excluding carboxylic acids is 2. The molecule has 2 atom stereocenters. The molecule has 1 heterocycles. The highest BCUT2D eigenvalue weighted by Gasteiger charge is 2.41. The average Bonchev–Trinajstić information content (AvgIpc) is 2.95. The van der Waals surface area contributed by atoms with Crippen molar-refractivity contribution in [2.45, 2.75) is 45.4 Å². The summed E-state index contributed by atoms with van der Waals surface area (Å²) in [5.41, 5.74) is 4.02. The maximum absolute atomic E-state index is 13.9. The van der Waals surface area contributed by atoms with E-state index in [1.807, 2.05) is 32.0 Å². The van der Waals surface area contributed by atoms with Gasteiger partial charge in [0.25, 0.3) is 0 Å². The van der Waals surface area contributed by atoms with Crippen LogP contribution in [0, 0.1) is 0 Å². The minimum absolute atomic E-state index is 0.00126. The molecule has 0 aromatic heterocycles. The maximum atomic E-state index is 13.9. The molecule has 0 amide bonds. The quantitative estimate of drug-likeness (QED) is 0.270. The molecular weight excluding hydrogens is 530 g/mol. The Labute approximate surface area is 239 Å². The number of Topliss-reactive ketones (excluding diaryl/α,β-unsaturated/α-hetero) is 1. The largest absolute Gasteiger partial charge is 0.504 e. The molecular formula is C31H37NO7S. The first-order chi connectivity index (χ1) is 19.3. The lowest BCUT2D eigenvalue weighted by Gasteiger charge is -2.37. The number of aromatic hydroxyl groups is 1. The van der Waals surface area contributed by atoms with Crippen LogP contribution in [-0.4, -0.2) is 55.8 Å². The lowest BCUT2D eigenvalue weighted by molar-refractivity contribution is -0.138. The SMILES string of the molecule is CCOc1cc([C@H]2C(C(=O)OCCSCC)=C(C)NC3=C2C(=O)C[C@H](c2ccc(OC)c(OC)c2)C3)ccc1O. The van der Waals surface area contributed by atoms with Crippen LogP contribution in [0.15, 0.2) is 58.9 Å². The van der Waals surface area contributed by atoms with Crippen LogP contribution in [0.2, 0.25) is 0 Å². The lowest BCUT2D eigenvalue weighted by Crippen LogP contribution is -2.36. The van der Waals surface area contributed by atoms with E-state index in [4.69, 9.17) is 18.9 Å². The van der Waals surface area contributed by atoms with Gasteiger partial charge in [0.05, 0.1) is 26.4 Å². The smallest absolute Gasteiger partial charge is 0.336 e. The molecule has 2 aromatic rings. The van der Waals surface area contributed by atoms with Gasteiger partial charge in [0.15, 0.2) is 28.8 Å². The molecule has 40 heavy (non-hydrogen) atoms. The van der Waals surface area contributed by atoms with Crippen LogP contribution >= 0.6 is 11.8 Å². The second-order valence-electron chi connectivity index (χ2n) is 9.62. The maximum Gasteiger partial charge on any atom is 0.336 e. The molecule has 0 unspecified atom stereocenters. The highest BCUT2D eigenvalue weighted by molar-refractivity contribution is 7.99. The van der Waals surface area contributed by atoms with Crippen molar-refractivity contribution in [3.05, 3.63) is 70.1 Å². The Balaban J connectivity index is 1.75. The molecule has 0 saturated heterocycles. The highest BCUT2D eigenvalue weighted by Crippen LogP contribution is 2.47. The number of ketones is 1. The average molecular weight is 568 g/mol. The van der Waals surface area contributed by atoms with Crippen molar-refractivity contribution in [1.29, 1.82) is 0 Å². The number of methoxy groups -OCH3 is 2. The van der Waals surface area contributed by atoms with E-state index in [9.17, 15) is 14.7 Å². The standard InChI is InChI=1S/C31H37NO7S/c1-6-38-26-17-20(8-10-23(26)33)29-28(31(35)39-12-13-40-7-2)18(3)32-22-14-21(15-24(34)30(22)29)19-9-11-25(36-4)27(16-19)37-5/h8-11,16-17,21,29,32-33H,6-7,12-15H2,1-5H3/t21-,29+/m1/s1. The number of ether oxygens (including phenoxy) is 4. The van der Waals surface area contributed by atoms with E-state index in [2.05, 4.69) is 12.2 Å². The number of dihydropyridines is 1. The highest BCUT2D eigenvalue weighted by atomic mass is 32.2. The third-order valence-electron chi connectivity index (χ3n) is 7.21. The normalized spacial score (nSPS) is 18.7. The van der Waals surface area contributed by atoms with Gasteiger partial charge in [-0.3, -0.25) is 4.79 Å². The second-order valence-corrected chi connectivity index (χ2v) is 11.0. The van der Waals surface area contributed by atoms with Gasteiger partial charge in [-0.1, -0.05) is 19.1 Å². The summed E-state index contributed by atoms with van der Waals surface area (Å²) in [5, 5.41) is 13.7. The first-order valence-corrected chi connectivity index (χ1v) is 14.6. The van der Waals surface area contributed by atoms with Crippen LogP contribution in [0.1, 0.15) is 56.6 Å². The van der Waals surface area contributed by atoms with Gasteiger partial charge in [0, 0.05) is 35.1 Å². The zero-order chi connectivity index (χ0) is 28.8. The molecule has 214 valence electrons. The van der Waals surface area contributed by atoms with Crippen LogP contribution in [0.4, 0.5) is 0 Å². The van der Waals surface area contributed by atoms with Gasteiger partial charge in [-0.05, 0) is 67.3 Å². The monoisotopic (exact) mass is 567 g/mol. The third kappa shape index (κ3) is 6.09. The van der Waals surface area contributed by atoms with Crippen molar-refractivity contribution >= 4 is 23.5 Å². The molecule has 0 saturated carbocycles. The minimum atomic E-state index is -0.652. The molecule has 0 bridgehead atoms. The number of hydrogen-bond acceptors (Lipinski definition) is 9. The Morgan fingerprint density at radius 1 is 1.02 bits per heavy atom. The Bertz CT molecular complexity index is 1330. The number of phenols is 1. The number of hydrogen-bond donors (Lipinski definition) is 2. The zero-order valence-electron chi connectivity index (χ0n) is 23.7. The number of carbonyl (C=O) groups is 2. The number of allylic oxidation sites excluding steroid dienone is 3. The minimum Gasteiger partial charge on any atom is -0.504 e. The fourth-order valence-corrected chi connectivity index (χ4v) is 5.87. The molecule has 2 N–H and O–H groups in total. The van der Waals surface area contributed by atoms with E-state index in [-0.39, 0.29) is 30.5 Å². The molecule has 1 aliphatic carbocycles. The van der Waals surface area contributed by atoms with Gasteiger partial charge in [0.1, 0.15) is 6.61 Å². The summed E-state index contributed by atoms with van der Waals surface area (Å²) in [6.45, 7) is 6.36. The van der Waals surface area contributed by atoms with Crippen molar-refractivity contribution in [2.75, 3.05) is 38.9 Å². The van der Waals surface area contributed by atoms with Crippen LogP contribution < -0.4 is 19.5 Å². The predicted octanol–water partition coefficient (Wildman–Crippen LogP) is 5.47. The van der Waals surface area contributed by atoms with E-state index in [0.29, 0.717) is 58.4 Å². The van der Waals surface area contributed by atoms with Gasteiger partial charge in [0.2, 0.25) is 0 Å². The summed E-state index contributed by atoms with van der Waals surface area (Å²) in [6, 6.07) is 10.7. The number of nitrogens with one attached hydrogen (secondary N) is 1. The second kappa shape index (κ2) is 13.2. The Morgan fingerprint density at radius 2 is 1.75 bits per heavy atom. The summed E-state index contributed by atoms with van der Waals surface area (Å²) in [7, 11) is 3.18. The molecule has 4 rings (SSSR count). The fourth-order valence-electron chi connectivity index (χ4n) is 5.38. The van der Waals surface area contributed by atoms with Crippen LogP contribution in [0.25, 0.3) is 0 Å². The van der Waals surface area contributed by atoms with E-state index in [0.717, 1.165) is 17.0 Å². The number of esters is 1. The molecule has 0 radical (unpaired) electrons. The van der Waals surface area contributed by atoms with E-state index >= 15 is 0 Å². The van der Waals surface area contributed by atoms with Crippen molar-refractivity contribution in [3.8, 4) is 23.0 Å². The van der Waals surface area contributed by atoms with Crippen molar-refractivity contribution in [3.63, 3.8) is 0 Å². The van der Waals surface area contributed by atoms with Crippen LogP contribution in [0.3, 0.4) is 0 Å². The third-order valence-corrected chi connectivity index (χ3v) is 8.07. The van der Waals surface area contributed by atoms with Crippen molar-refractivity contribution in [1.82, 2.24) is 5.32 Å². The van der Waals surface area contributed by atoms with Gasteiger partial charge >= 0.3 is 5.97 Å². The van der Waals surface area contributed by atoms with Gasteiger partial charge in [-0.2, -0.15) is 11.8 Å². The summed E-state index contributed by atoms with van der Waals surface area (Å²) in [6.07, 6.45) is 0.855. The summed E-state index contributed by atoms with van der Waals surface area (Å²) < 4.78 is 22.2. The van der Waals surface area contributed by atoms with Crippen LogP contribution in [-0.2, 0) is 14.3 Å². The molecule has 9 heteroatoms. The summed E-state index contributed by atoms with van der Waals surface area (Å²) in [5.74, 6) is 1.92. The fraction of sp³-hybridized carbons (Fsp3) is 0.419. The lowest BCUT2D eigenvalue weighted by atomic mass is 9.71. The molecule has 8 nitrogen and oxygen atoms in total. The Hall–Kier alpha value is -3.59. The summed E-state index contributed by atoms with van der Waals surface area (Å²) in [4.78, 5) is 27.4. The molecule has 0 spiro atoms. The molecule has 2 aromatic carbocycles. The zero-order valence-corrected chi connectivity index (χ0v) is 24.5. The van der Waals surface area contributed by atoms with Crippen LogP contribution in [0.5, 0.6) is 23.0 Å². The molecule has 1 aliphatic heterocycles. The van der Waals surface area contributed by atoms with Gasteiger partial charge in [-0.15, -0.1) is 0 Å². The number of thioether (sulfide) groups is 1. The van der Waals surface area contributed by atoms with E-state index in [1.165, 1.54) is 0 Å². The predicted molar refractivity (Wildman–Crippen MR) is 155 cm³/mol. The number of phenolic OH excluding ortho intramolecular Hbond substituents is 1. The Kier molecular flexibility index (Phi) is 9.68. The molecule has 0 fully saturated rings. The van der Waals surface area contributed by atoms with Crippen molar-refractivity contribution < 1.29 is 33.6 Å². The van der Waals surface area contributed by atoms with Gasteiger partial charge < -0.3 is 29.4 Å². The Morgan fingerprint density at radius 3 is 2.45 bits per heavy atom. The first kappa shape index (κ1) is 29.4. The van der Waals surface area contributed by atoms with Gasteiger partial charge in [-0.25, -0.2) is 4.79 Å². The van der Waals surface area contributed by atoms with E-state index < -0.39 is 11.9 Å². The molecule has 2 aliphatic rings. The number of rotatable bonds is 11. The number of benzene rings is 2. The first-order valence-electron chi connectivity index (χ1n) is 13.5. The topological polar surface area (TPSA) is 103 Å².